The van der Waals surface area contributed by atoms with Crippen molar-refractivity contribution in [3.63, 3.8) is 0 Å². The highest BCUT2D eigenvalue weighted by Crippen LogP contribution is 1.98. The van der Waals surface area contributed by atoms with E-state index >= 15 is 0 Å². The third-order valence-corrected chi connectivity index (χ3v) is 2.28. The molecule has 0 fully saturated rings. The Morgan fingerprint density at radius 3 is 2.50 bits per heavy atom. The second kappa shape index (κ2) is 7.06. The highest BCUT2D eigenvalue weighted by atomic mass is 35.5. The van der Waals surface area contributed by atoms with Crippen LogP contribution in [0.1, 0.15) is 0 Å². The fraction of sp³-hybridized carbons (Fsp3) is 0.429. The van der Waals surface area contributed by atoms with Crippen molar-refractivity contribution in [3.8, 4) is 0 Å². The quantitative estimate of drug-likeness (QED) is 0.256. The average molecular weight is 177 g/mol. The van der Waals surface area contributed by atoms with Gasteiger partial charge in [-0.15, -0.1) is 24.8 Å². The second-order valence-corrected chi connectivity index (χ2v) is 4.23. The van der Waals surface area contributed by atoms with Crippen LogP contribution in [0.15, 0.2) is 25.3 Å². The Hall–Kier alpha value is -0.0531. The summed E-state index contributed by atoms with van der Waals surface area (Å²) < 4.78 is 5.29. The maximum absolute atomic E-state index is 5.46. The molecule has 0 aliphatic rings. The molecule has 3 heteroatoms. The van der Waals surface area contributed by atoms with Crippen molar-refractivity contribution in [3.05, 3.63) is 25.3 Å². The Morgan fingerprint density at radius 1 is 1.50 bits per heavy atom. The molecule has 0 aromatic rings. The molecule has 0 spiro atoms. The molecule has 0 heterocycles. The van der Waals surface area contributed by atoms with Gasteiger partial charge in [0.2, 0.25) is 0 Å². The minimum atomic E-state index is -0.470. The number of hydrogen-bond donors (Lipinski definition) is 0. The highest BCUT2D eigenvalue weighted by molar-refractivity contribution is 6.45. The maximum Gasteiger partial charge on any atom is 0.176 e. The molecule has 0 saturated heterocycles. The van der Waals surface area contributed by atoms with Crippen LogP contribution in [-0.2, 0) is 4.43 Å². The summed E-state index contributed by atoms with van der Waals surface area (Å²) in [5.41, 5.74) is 0.682. The van der Waals surface area contributed by atoms with Gasteiger partial charge >= 0.3 is 0 Å². The van der Waals surface area contributed by atoms with Gasteiger partial charge in [0.15, 0.2) is 9.76 Å². The third kappa shape index (κ3) is 4.79. The van der Waals surface area contributed by atoms with Crippen molar-refractivity contribution in [2.75, 3.05) is 12.1 Å². The van der Waals surface area contributed by atoms with Gasteiger partial charge in [-0.1, -0.05) is 12.2 Å². The summed E-state index contributed by atoms with van der Waals surface area (Å²) in [6.45, 7) is 7.98. The van der Waals surface area contributed by atoms with Crippen LogP contribution in [-0.4, -0.2) is 21.9 Å². The zero-order chi connectivity index (χ0) is 7.82. The van der Waals surface area contributed by atoms with Crippen LogP contribution in [0.4, 0.5) is 0 Å². The van der Waals surface area contributed by atoms with Gasteiger partial charge in [0.25, 0.3) is 0 Å². The van der Waals surface area contributed by atoms with Gasteiger partial charge in [0.05, 0.1) is 0 Å². The molecular formula is C7H13ClOSi. The second-order valence-electron chi connectivity index (χ2n) is 1.90. The first-order valence-electron chi connectivity index (χ1n) is 3.24. The molecule has 0 saturated carbocycles. The Bertz CT molecular complexity index is 97.8. The van der Waals surface area contributed by atoms with Crippen molar-refractivity contribution >= 4 is 21.4 Å². The molecular weight excluding hydrogens is 164 g/mol. The molecule has 0 unspecified atom stereocenters. The van der Waals surface area contributed by atoms with Crippen molar-refractivity contribution in [1.29, 1.82) is 0 Å². The molecule has 0 aliphatic heterocycles. The zero-order valence-electron chi connectivity index (χ0n) is 6.05. The molecule has 0 N–H and O–H groups in total. The predicted molar refractivity (Wildman–Crippen MR) is 49.1 cm³/mol. The van der Waals surface area contributed by atoms with Crippen LogP contribution in [0.3, 0.4) is 0 Å². The molecule has 0 aromatic heterocycles. The lowest BCUT2D eigenvalue weighted by Gasteiger charge is -2.05. The van der Waals surface area contributed by atoms with Gasteiger partial charge < -0.3 is 4.43 Å². The van der Waals surface area contributed by atoms with Gasteiger partial charge in [0, 0.05) is 18.0 Å². The number of alkyl halides is 1. The average Bonchev–Trinajstić information content (AvgIpc) is 1.99. The Labute approximate surface area is 69.7 Å². The zero-order valence-corrected chi connectivity index (χ0v) is 8.22. The fourth-order valence-electron chi connectivity index (χ4n) is 0.506. The lowest BCUT2D eigenvalue weighted by molar-refractivity contribution is 0.315. The Morgan fingerprint density at radius 2 is 2.10 bits per heavy atom. The van der Waals surface area contributed by atoms with E-state index in [4.69, 9.17) is 16.0 Å². The van der Waals surface area contributed by atoms with Crippen LogP contribution < -0.4 is 0 Å². The first-order valence-corrected chi connectivity index (χ1v) is 5.35. The van der Waals surface area contributed by atoms with Crippen LogP contribution in [0, 0.1) is 5.92 Å². The van der Waals surface area contributed by atoms with Crippen LogP contribution in [0.5, 0.6) is 0 Å². The molecule has 10 heavy (non-hydrogen) atoms. The molecule has 0 amide bonds. The maximum atomic E-state index is 5.46. The summed E-state index contributed by atoms with van der Waals surface area (Å²) in [5.74, 6) is 0.288. The lowest BCUT2D eigenvalue weighted by Crippen LogP contribution is -2.08. The van der Waals surface area contributed by atoms with E-state index in [-0.39, 0.29) is 5.92 Å². The van der Waals surface area contributed by atoms with E-state index in [1.54, 1.807) is 0 Å². The molecule has 0 atom stereocenters. The molecule has 1 nitrogen and oxygen atoms in total. The van der Waals surface area contributed by atoms with E-state index in [1.807, 2.05) is 12.2 Å². The summed E-state index contributed by atoms with van der Waals surface area (Å²) in [7, 11) is -0.470. The normalized spacial score (nSPS) is 11.0. The van der Waals surface area contributed by atoms with E-state index in [0.717, 1.165) is 0 Å². The van der Waals surface area contributed by atoms with Gasteiger partial charge in [-0.2, -0.15) is 0 Å². The minimum absolute atomic E-state index is 0.288. The standard InChI is InChI=1S/C7H13ClOSi/c1-3-7(4-2)5-9-10-6-8/h3-4,7H,1-2,5-6,10H2. The first-order chi connectivity index (χ1) is 4.85. The number of rotatable bonds is 6. The molecule has 0 aromatic carbocycles. The topological polar surface area (TPSA) is 9.23 Å². The predicted octanol–water partition coefficient (Wildman–Crippen LogP) is 1.27. The van der Waals surface area contributed by atoms with E-state index in [2.05, 4.69) is 13.2 Å². The largest absolute Gasteiger partial charge is 0.422 e. The molecule has 58 valence electrons. The van der Waals surface area contributed by atoms with Gasteiger partial charge in [0.1, 0.15) is 0 Å². The van der Waals surface area contributed by atoms with Gasteiger partial charge in [-0.3, -0.25) is 0 Å². The summed E-state index contributed by atoms with van der Waals surface area (Å²) in [5, 5.41) is 0. The molecule has 0 aliphatic carbocycles. The summed E-state index contributed by atoms with van der Waals surface area (Å²) >= 11 is 5.46. The van der Waals surface area contributed by atoms with Crippen LogP contribution in [0.2, 0.25) is 0 Å². The summed E-state index contributed by atoms with van der Waals surface area (Å²) in [4.78, 5) is 0. The van der Waals surface area contributed by atoms with Crippen molar-refractivity contribution in [2.45, 2.75) is 0 Å². The smallest absolute Gasteiger partial charge is 0.176 e. The van der Waals surface area contributed by atoms with Crippen molar-refractivity contribution in [2.24, 2.45) is 5.92 Å². The SMILES string of the molecule is C=CC(C=C)CO[SiH2]CCl. The highest BCUT2D eigenvalue weighted by Gasteiger charge is 1.96. The fourth-order valence-corrected chi connectivity index (χ4v) is 1.38. The van der Waals surface area contributed by atoms with Crippen molar-refractivity contribution < 1.29 is 4.43 Å². The van der Waals surface area contributed by atoms with Gasteiger partial charge in [-0.25, -0.2) is 0 Å². The van der Waals surface area contributed by atoms with Crippen LogP contribution in [0.25, 0.3) is 0 Å². The Balaban J connectivity index is 3.25. The molecule has 0 rings (SSSR count). The monoisotopic (exact) mass is 176 g/mol. The molecule has 0 bridgehead atoms. The van der Waals surface area contributed by atoms with E-state index in [1.165, 1.54) is 0 Å². The summed E-state index contributed by atoms with van der Waals surface area (Å²) in [6.07, 6.45) is 3.66. The summed E-state index contributed by atoms with van der Waals surface area (Å²) in [6, 6.07) is 0. The van der Waals surface area contributed by atoms with E-state index in [9.17, 15) is 0 Å². The number of halogens is 1. The Kier molecular flexibility index (Phi) is 7.02. The van der Waals surface area contributed by atoms with Gasteiger partial charge in [-0.05, 0) is 0 Å². The lowest BCUT2D eigenvalue weighted by atomic mass is 10.2. The van der Waals surface area contributed by atoms with Crippen LogP contribution >= 0.6 is 11.6 Å². The first kappa shape index (κ1) is 9.95. The van der Waals surface area contributed by atoms with E-state index in [0.29, 0.717) is 12.1 Å². The van der Waals surface area contributed by atoms with E-state index < -0.39 is 9.76 Å². The molecule has 0 radical (unpaired) electrons. The van der Waals surface area contributed by atoms with Crippen molar-refractivity contribution in [1.82, 2.24) is 0 Å². The minimum Gasteiger partial charge on any atom is -0.422 e. The number of hydrogen-bond acceptors (Lipinski definition) is 1. The third-order valence-electron chi connectivity index (χ3n) is 1.14.